The number of nitriles is 1. The second-order valence-electron chi connectivity index (χ2n) is 3.65. The first-order valence-corrected chi connectivity index (χ1v) is 6.76. The molecular formula is C11H11FN2O4S. The standard InChI is InChI=1S/C11H11FN2O4S/c12-9-3-4-10(8(6-9)7-13)19(17,18)14-5-1-2-11(15)16/h3-4,6,14H,1-2,5H2,(H,15,16). The summed E-state index contributed by atoms with van der Waals surface area (Å²) in [5.41, 5.74) is -0.300. The first-order chi connectivity index (χ1) is 8.86. The van der Waals surface area contributed by atoms with E-state index in [4.69, 9.17) is 10.4 Å². The Hall–Kier alpha value is -1.98. The van der Waals surface area contributed by atoms with Crippen LogP contribution in [0.1, 0.15) is 18.4 Å². The summed E-state index contributed by atoms with van der Waals surface area (Å²) < 4.78 is 38.7. The molecule has 0 fully saturated rings. The number of sulfonamides is 1. The fraction of sp³-hybridized carbons (Fsp3) is 0.273. The summed E-state index contributed by atoms with van der Waals surface area (Å²) in [5, 5.41) is 17.2. The molecule has 0 spiro atoms. The molecule has 0 aliphatic rings. The highest BCUT2D eigenvalue weighted by Gasteiger charge is 2.18. The fourth-order valence-electron chi connectivity index (χ4n) is 1.35. The van der Waals surface area contributed by atoms with Gasteiger partial charge in [0.1, 0.15) is 11.9 Å². The van der Waals surface area contributed by atoms with Crippen LogP contribution in [0.15, 0.2) is 23.1 Å². The Morgan fingerprint density at radius 2 is 2.16 bits per heavy atom. The minimum Gasteiger partial charge on any atom is -0.481 e. The van der Waals surface area contributed by atoms with Crippen molar-refractivity contribution in [3.8, 4) is 6.07 Å². The first-order valence-electron chi connectivity index (χ1n) is 5.28. The lowest BCUT2D eigenvalue weighted by Gasteiger charge is -2.07. The molecule has 0 bridgehead atoms. The lowest BCUT2D eigenvalue weighted by atomic mass is 10.2. The highest BCUT2D eigenvalue weighted by molar-refractivity contribution is 7.89. The van der Waals surface area contributed by atoms with Crippen LogP contribution in [0.4, 0.5) is 4.39 Å². The van der Waals surface area contributed by atoms with Gasteiger partial charge in [0.05, 0.1) is 10.5 Å². The van der Waals surface area contributed by atoms with E-state index < -0.39 is 21.8 Å². The third-order valence-corrected chi connectivity index (χ3v) is 3.73. The average Bonchev–Trinajstić information content (AvgIpc) is 2.34. The summed E-state index contributed by atoms with van der Waals surface area (Å²) in [6.45, 7) is -0.0725. The molecule has 0 aromatic heterocycles. The van der Waals surface area contributed by atoms with Crippen molar-refractivity contribution in [2.24, 2.45) is 0 Å². The summed E-state index contributed by atoms with van der Waals surface area (Å²) in [6, 6.07) is 4.35. The van der Waals surface area contributed by atoms with Gasteiger partial charge < -0.3 is 5.11 Å². The quantitative estimate of drug-likeness (QED) is 0.753. The monoisotopic (exact) mass is 286 g/mol. The highest BCUT2D eigenvalue weighted by Crippen LogP contribution is 2.16. The van der Waals surface area contributed by atoms with Gasteiger partial charge >= 0.3 is 5.97 Å². The molecule has 6 nitrogen and oxygen atoms in total. The van der Waals surface area contributed by atoms with Crippen molar-refractivity contribution in [2.45, 2.75) is 17.7 Å². The van der Waals surface area contributed by atoms with E-state index in [-0.39, 0.29) is 29.8 Å². The third-order valence-electron chi connectivity index (χ3n) is 2.21. The topological polar surface area (TPSA) is 107 Å². The van der Waals surface area contributed by atoms with Crippen LogP contribution in [0.3, 0.4) is 0 Å². The van der Waals surface area contributed by atoms with Gasteiger partial charge in [0.2, 0.25) is 10.0 Å². The predicted molar refractivity (Wildman–Crippen MR) is 63.2 cm³/mol. The van der Waals surface area contributed by atoms with Gasteiger partial charge in [0, 0.05) is 13.0 Å². The van der Waals surface area contributed by atoms with Crippen LogP contribution in [-0.4, -0.2) is 26.0 Å². The van der Waals surface area contributed by atoms with Gasteiger partial charge in [-0.25, -0.2) is 17.5 Å². The molecule has 2 N–H and O–H groups in total. The second-order valence-corrected chi connectivity index (χ2v) is 5.38. The Morgan fingerprint density at radius 1 is 1.47 bits per heavy atom. The molecule has 0 unspecified atom stereocenters. The Morgan fingerprint density at radius 3 is 2.74 bits per heavy atom. The van der Waals surface area contributed by atoms with Crippen LogP contribution >= 0.6 is 0 Å². The molecule has 8 heteroatoms. The number of carbonyl (C=O) groups is 1. The van der Waals surface area contributed by atoms with Crippen molar-refractivity contribution in [2.75, 3.05) is 6.54 Å². The van der Waals surface area contributed by atoms with Gasteiger partial charge in [-0.05, 0) is 24.6 Å². The summed E-state index contributed by atoms with van der Waals surface area (Å²) in [6.07, 6.45) is -0.0469. The van der Waals surface area contributed by atoms with E-state index in [0.717, 1.165) is 18.2 Å². The van der Waals surface area contributed by atoms with Crippen molar-refractivity contribution in [3.05, 3.63) is 29.6 Å². The zero-order valence-corrected chi connectivity index (χ0v) is 10.6. The molecule has 19 heavy (non-hydrogen) atoms. The molecule has 0 radical (unpaired) electrons. The Labute approximate surface area is 109 Å². The summed E-state index contributed by atoms with van der Waals surface area (Å²) in [7, 11) is -3.95. The van der Waals surface area contributed by atoms with E-state index in [1.807, 2.05) is 0 Å². The van der Waals surface area contributed by atoms with E-state index in [1.165, 1.54) is 0 Å². The maximum absolute atomic E-state index is 12.9. The minimum absolute atomic E-state index is 0.0725. The van der Waals surface area contributed by atoms with Crippen LogP contribution in [0.25, 0.3) is 0 Å². The SMILES string of the molecule is N#Cc1cc(F)ccc1S(=O)(=O)NCCCC(=O)O. The Balaban J connectivity index is 2.84. The van der Waals surface area contributed by atoms with Crippen molar-refractivity contribution < 1.29 is 22.7 Å². The maximum Gasteiger partial charge on any atom is 0.303 e. The van der Waals surface area contributed by atoms with Crippen LogP contribution in [0.2, 0.25) is 0 Å². The van der Waals surface area contributed by atoms with Gasteiger partial charge in [-0.15, -0.1) is 0 Å². The molecule has 0 aliphatic heterocycles. The number of hydrogen-bond acceptors (Lipinski definition) is 4. The number of aliphatic carboxylic acids is 1. The van der Waals surface area contributed by atoms with Crippen molar-refractivity contribution in [3.63, 3.8) is 0 Å². The highest BCUT2D eigenvalue weighted by atomic mass is 32.2. The zero-order valence-electron chi connectivity index (χ0n) is 9.76. The number of halogens is 1. The number of nitrogens with zero attached hydrogens (tertiary/aromatic N) is 1. The van der Waals surface area contributed by atoms with Gasteiger partial charge in [0.15, 0.2) is 0 Å². The molecular weight excluding hydrogens is 275 g/mol. The zero-order chi connectivity index (χ0) is 14.5. The maximum atomic E-state index is 12.9. The summed E-state index contributed by atoms with van der Waals surface area (Å²) in [4.78, 5) is 9.94. The predicted octanol–water partition coefficient (Wildman–Crippen LogP) is 0.840. The smallest absolute Gasteiger partial charge is 0.303 e. The van der Waals surface area contributed by atoms with Crippen LogP contribution in [0.5, 0.6) is 0 Å². The van der Waals surface area contributed by atoms with Crippen LogP contribution in [-0.2, 0) is 14.8 Å². The van der Waals surface area contributed by atoms with Crippen LogP contribution < -0.4 is 4.72 Å². The molecule has 0 saturated heterocycles. The van der Waals surface area contributed by atoms with Gasteiger partial charge in [0.25, 0.3) is 0 Å². The Kier molecular flexibility index (Phi) is 4.97. The van der Waals surface area contributed by atoms with Crippen molar-refractivity contribution >= 4 is 16.0 Å². The average molecular weight is 286 g/mol. The molecule has 1 aromatic rings. The molecule has 0 saturated carbocycles. The first kappa shape index (κ1) is 15.1. The van der Waals surface area contributed by atoms with Gasteiger partial charge in [-0.3, -0.25) is 4.79 Å². The lowest BCUT2D eigenvalue weighted by molar-refractivity contribution is -0.137. The summed E-state index contributed by atoms with van der Waals surface area (Å²) >= 11 is 0. The van der Waals surface area contributed by atoms with E-state index in [9.17, 15) is 17.6 Å². The Bertz CT molecular complexity index is 622. The van der Waals surface area contributed by atoms with Gasteiger partial charge in [-0.1, -0.05) is 0 Å². The second kappa shape index (κ2) is 6.26. The number of hydrogen-bond donors (Lipinski definition) is 2. The van der Waals surface area contributed by atoms with E-state index in [2.05, 4.69) is 4.72 Å². The lowest BCUT2D eigenvalue weighted by Crippen LogP contribution is -2.26. The molecule has 102 valence electrons. The number of rotatable bonds is 6. The molecule has 0 aliphatic carbocycles. The van der Waals surface area contributed by atoms with Gasteiger partial charge in [-0.2, -0.15) is 5.26 Å². The molecule has 0 amide bonds. The van der Waals surface area contributed by atoms with Crippen molar-refractivity contribution in [1.29, 1.82) is 5.26 Å². The molecule has 1 aromatic carbocycles. The summed E-state index contributed by atoms with van der Waals surface area (Å²) in [5.74, 6) is -1.74. The van der Waals surface area contributed by atoms with Crippen molar-refractivity contribution in [1.82, 2.24) is 4.72 Å². The number of carboxylic acids is 1. The fourth-order valence-corrected chi connectivity index (χ4v) is 2.56. The number of benzene rings is 1. The number of carboxylic acid groups (broad SMARTS) is 1. The third kappa shape index (κ3) is 4.31. The normalized spacial score (nSPS) is 10.9. The van der Waals surface area contributed by atoms with E-state index in [1.54, 1.807) is 6.07 Å². The van der Waals surface area contributed by atoms with E-state index in [0.29, 0.717) is 0 Å². The minimum atomic E-state index is -3.95. The molecule has 0 heterocycles. The van der Waals surface area contributed by atoms with Crippen LogP contribution in [0, 0.1) is 17.1 Å². The number of nitrogens with one attached hydrogen (secondary N) is 1. The largest absolute Gasteiger partial charge is 0.481 e. The molecule has 1 rings (SSSR count). The molecule has 0 atom stereocenters. The van der Waals surface area contributed by atoms with E-state index >= 15 is 0 Å².